The summed E-state index contributed by atoms with van der Waals surface area (Å²) in [5, 5.41) is 16.1. The second kappa shape index (κ2) is 8.48. The third kappa shape index (κ3) is 6.97. The lowest BCUT2D eigenvalue weighted by molar-refractivity contribution is -0.123. The first-order valence-corrected chi connectivity index (χ1v) is 7.08. The van der Waals surface area contributed by atoms with Gasteiger partial charge in [-0.1, -0.05) is 27.7 Å². The van der Waals surface area contributed by atoms with E-state index in [1.54, 1.807) is 0 Å². The Morgan fingerprint density at radius 2 is 1.78 bits per heavy atom. The van der Waals surface area contributed by atoms with Crippen LogP contribution in [-0.4, -0.2) is 35.7 Å². The molecule has 0 radical (unpaired) electrons. The maximum Gasteiger partial charge on any atom is 0.236 e. The molecule has 0 bridgehead atoms. The molecule has 0 saturated carbocycles. The topological polar surface area (TPSA) is 61.4 Å². The quantitative estimate of drug-likeness (QED) is 0.589. The van der Waals surface area contributed by atoms with Crippen LogP contribution < -0.4 is 10.6 Å². The van der Waals surface area contributed by atoms with Crippen molar-refractivity contribution in [3.8, 4) is 0 Å². The van der Waals surface area contributed by atoms with Gasteiger partial charge in [-0.3, -0.25) is 4.79 Å². The number of aliphatic hydroxyl groups is 1. The van der Waals surface area contributed by atoms with Gasteiger partial charge in [0.2, 0.25) is 5.91 Å². The van der Waals surface area contributed by atoms with Gasteiger partial charge in [0, 0.05) is 13.1 Å². The lowest BCUT2D eigenvalue weighted by Gasteiger charge is -2.27. The van der Waals surface area contributed by atoms with Gasteiger partial charge in [0.05, 0.1) is 11.6 Å². The first-order chi connectivity index (χ1) is 8.34. The van der Waals surface area contributed by atoms with Gasteiger partial charge in [0.15, 0.2) is 0 Å². The molecule has 0 aliphatic heterocycles. The van der Waals surface area contributed by atoms with E-state index in [1.807, 2.05) is 20.8 Å². The lowest BCUT2D eigenvalue weighted by Crippen LogP contribution is -2.48. The van der Waals surface area contributed by atoms with Crippen molar-refractivity contribution in [2.75, 3.05) is 13.1 Å². The maximum atomic E-state index is 11.8. The Kier molecular flexibility index (Phi) is 8.20. The maximum absolute atomic E-state index is 11.8. The first-order valence-electron chi connectivity index (χ1n) is 7.08. The zero-order valence-electron chi connectivity index (χ0n) is 12.5. The van der Waals surface area contributed by atoms with Gasteiger partial charge in [-0.25, -0.2) is 0 Å². The normalized spacial score (nSPS) is 13.7. The Labute approximate surface area is 112 Å². The second-order valence-corrected chi connectivity index (χ2v) is 5.51. The van der Waals surface area contributed by atoms with Crippen LogP contribution in [0.25, 0.3) is 0 Å². The molecule has 3 N–H and O–H groups in total. The molecule has 0 rings (SSSR count). The van der Waals surface area contributed by atoms with Gasteiger partial charge in [-0.05, 0) is 32.1 Å². The molecule has 4 heteroatoms. The average molecular weight is 258 g/mol. The van der Waals surface area contributed by atoms with E-state index in [1.165, 1.54) is 0 Å². The third-order valence-corrected chi connectivity index (χ3v) is 3.47. The van der Waals surface area contributed by atoms with Crippen molar-refractivity contribution in [2.45, 2.75) is 65.5 Å². The van der Waals surface area contributed by atoms with Crippen molar-refractivity contribution >= 4 is 5.91 Å². The molecule has 0 aliphatic rings. The van der Waals surface area contributed by atoms with E-state index in [0.717, 1.165) is 6.42 Å². The number of carbonyl (C=O) groups is 1. The van der Waals surface area contributed by atoms with Gasteiger partial charge in [-0.2, -0.15) is 0 Å². The van der Waals surface area contributed by atoms with E-state index in [-0.39, 0.29) is 11.9 Å². The molecule has 0 fully saturated rings. The van der Waals surface area contributed by atoms with Crippen LogP contribution in [0.3, 0.4) is 0 Å². The SMILES string of the molecule is CCC(O)(CC)CNC(C)C(=O)NCCC(C)C. The highest BCUT2D eigenvalue weighted by Crippen LogP contribution is 2.13. The van der Waals surface area contributed by atoms with Crippen LogP contribution in [0.2, 0.25) is 0 Å². The highest BCUT2D eigenvalue weighted by atomic mass is 16.3. The molecule has 0 aliphatic carbocycles. The van der Waals surface area contributed by atoms with Crippen LogP contribution in [0.1, 0.15) is 53.9 Å². The summed E-state index contributed by atoms with van der Waals surface area (Å²) in [5.41, 5.74) is -0.702. The summed E-state index contributed by atoms with van der Waals surface area (Å²) in [6.45, 7) is 11.2. The molecular weight excluding hydrogens is 228 g/mol. The van der Waals surface area contributed by atoms with Gasteiger partial charge >= 0.3 is 0 Å². The largest absolute Gasteiger partial charge is 0.389 e. The predicted molar refractivity (Wildman–Crippen MR) is 75.5 cm³/mol. The number of nitrogens with one attached hydrogen (secondary N) is 2. The molecular formula is C14H30N2O2. The molecule has 0 saturated heterocycles. The molecule has 108 valence electrons. The van der Waals surface area contributed by atoms with E-state index in [2.05, 4.69) is 24.5 Å². The molecule has 1 unspecified atom stereocenters. The molecule has 0 heterocycles. The fraction of sp³-hybridized carbons (Fsp3) is 0.929. The highest BCUT2D eigenvalue weighted by molar-refractivity contribution is 5.81. The molecule has 0 spiro atoms. The fourth-order valence-corrected chi connectivity index (χ4v) is 1.57. The number of hydrogen-bond donors (Lipinski definition) is 3. The summed E-state index contributed by atoms with van der Waals surface area (Å²) in [6, 6.07) is -0.262. The number of hydrogen-bond acceptors (Lipinski definition) is 3. The van der Waals surface area contributed by atoms with Crippen LogP contribution in [0, 0.1) is 5.92 Å². The van der Waals surface area contributed by atoms with E-state index in [9.17, 15) is 9.90 Å². The van der Waals surface area contributed by atoms with E-state index < -0.39 is 5.60 Å². The van der Waals surface area contributed by atoms with Crippen molar-refractivity contribution in [3.05, 3.63) is 0 Å². The lowest BCUT2D eigenvalue weighted by atomic mass is 9.97. The summed E-state index contributed by atoms with van der Waals surface area (Å²) in [7, 11) is 0. The van der Waals surface area contributed by atoms with Crippen LogP contribution in [0.4, 0.5) is 0 Å². The summed E-state index contributed by atoms with van der Waals surface area (Å²) < 4.78 is 0. The van der Waals surface area contributed by atoms with Gasteiger partial charge in [0.1, 0.15) is 0 Å². The molecule has 1 amide bonds. The van der Waals surface area contributed by atoms with Crippen molar-refractivity contribution in [1.82, 2.24) is 10.6 Å². The molecule has 0 aromatic rings. The summed E-state index contributed by atoms with van der Waals surface area (Å²) in [4.78, 5) is 11.8. The summed E-state index contributed by atoms with van der Waals surface area (Å²) >= 11 is 0. The van der Waals surface area contributed by atoms with Crippen molar-refractivity contribution < 1.29 is 9.90 Å². The van der Waals surface area contributed by atoms with Crippen molar-refractivity contribution in [1.29, 1.82) is 0 Å². The minimum atomic E-state index is -0.702. The minimum Gasteiger partial charge on any atom is -0.389 e. The van der Waals surface area contributed by atoms with Crippen LogP contribution in [-0.2, 0) is 4.79 Å². The fourth-order valence-electron chi connectivity index (χ4n) is 1.57. The molecule has 0 aromatic heterocycles. The van der Waals surface area contributed by atoms with Gasteiger partial charge < -0.3 is 15.7 Å². The van der Waals surface area contributed by atoms with E-state index >= 15 is 0 Å². The van der Waals surface area contributed by atoms with Crippen molar-refractivity contribution in [3.63, 3.8) is 0 Å². The smallest absolute Gasteiger partial charge is 0.236 e. The van der Waals surface area contributed by atoms with E-state index in [4.69, 9.17) is 0 Å². The van der Waals surface area contributed by atoms with E-state index in [0.29, 0.717) is 31.8 Å². The van der Waals surface area contributed by atoms with Gasteiger partial charge in [0.25, 0.3) is 0 Å². The second-order valence-electron chi connectivity index (χ2n) is 5.51. The average Bonchev–Trinajstić information content (AvgIpc) is 2.34. The van der Waals surface area contributed by atoms with Crippen LogP contribution in [0.5, 0.6) is 0 Å². The number of amides is 1. The first kappa shape index (κ1) is 17.4. The molecule has 1 atom stereocenters. The Morgan fingerprint density at radius 3 is 2.22 bits per heavy atom. The monoisotopic (exact) mass is 258 g/mol. The molecule has 0 aromatic carbocycles. The van der Waals surface area contributed by atoms with Gasteiger partial charge in [-0.15, -0.1) is 0 Å². The molecule has 18 heavy (non-hydrogen) atoms. The Bertz CT molecular complexity index is 238. The number of carbonyl (C=O) groups excluding carboxylic acids is 1. The number of rotatable bonds is 9. The minimum absolute atomic E-state index is 0.00482. The summed E-state index contributed by atoms with van der Waals surface area (Å²) in [5.74, 6) is 0.601. The zero-order valence-corrected chi connectivity index (χ0v) is 12.5. The predicted octanol–water partition coefficient (Wildman–Crippen LogP) is 1.68. The highest BCUT2D eigenvalue weighted by Gasteiger charge is 2.23. The zero-order chi connectivity index (χ0) is 14.2. The van der Waals surface area contributed by atoms with Crippen molar-refractivity contribution in [2.24, 2.45) is 5.92 Å². The van der Waals surface area contributed by atoms with Crippen LogP contribution >= 0.6 is 0 Å². The standard InChI is InChI=1S/C14H30N2O2/c1-6-14(18,7-2)10-16-12(5)13(17)15-9-8-11(3)4/h11-12,16,18H,6-10H2,1-5H3,(H,15,17). The third-order valence-electron chi connectivity index (χ3n) is 3.47. The summed E-state index contributed by atoms with van der Waals surface area (Å²) in [6.07, 6.45) is 2.38. The Hall–Kier alpha value is -0.610. The Morgan fingerprint density at radius 1 is 1.22 bits per heavy atom. The van der Waals surface area contributed by atoms with Crippen LogP contribution in [0.15, 0.2) is 0 Å². The Balaban J connectivity index is 3.94. The molecule has 4 nitrogen and oxygen atoms in total.